The normalized spacial score (nSPS) is 21.0. The van der Waals surface area contributed by atoms with Crippen LogP contribution in [0.25, 0.3) is 0 Å². The van der Waals surface area contributed by atoms with Crippen LogP contribution in [0.1, 0.15) is 51.9 Å². The predicted molar refractivity (Wildman–Crippen MR) is 93.4 cm³/mol. The third-order valence-corrected chi connectivity index (χ3v) is 4.63. The molecule has 0 spiro atoms. The molecule has 0 radical (unpaired) electrons. The number of unbranched alkanes of at least 4 members (excludes halogenated alkanes) is 1. The molecule has 1 aromatic heterocycles. The molecule has 1 amide bonds. The molecular weight excluding hydrogens is 290 g/mol. The average molecular weight is 319 g/mol. The second-order valence-electron chi connectivity index (χ2n) is 6.43. The number of rotatable bonds is 8. The van der Waals surface area contributed by atoms with Gasteiger partial charge >= 0.3 is 0 Å². The maximum Gasteiger partial charge on any atom is 0.227 e. The van der Waals surface area contributed by atoms with Crippen molar-refractivity contribution in [2.45, 2.75) is 51.9 Å². The highest BCUT2D eigenvalue weighted by Crippen LogP contribution is 2.32. The van der Waals surface area contributed by atoms with E-state index >= 15 is 0 Å². The van der Waals surface area contributed by atoms with E-state index in [2.05, 4.69) is 22.5 Å². The van der Waals surface area contributed by atoms with Gasteiger partial charge in [-0.3, -0.25) is 4.79 Å². The van der Waals surface area contributed by atoms with Gasteiger partial charge in [-0.25, -0.2) is 4.98 Å². The number of anilines is 2. The van der Waals surface area contributed by atoms with E-state index in [0.29, 0.717) is 12.4 Å². The highest BCUT2D eigenvalue weighted by molar-refractivity contribution is 5.92. The van der Waals surface area contributed by atoms with Crippen molar-refractivity contribution in [1.82, 2.24) is 4.98 Å². The van der Waals surface area contributed by atoms with Gasteiger partial charge in [-0.2, -0.15) is 0 Å². The zero-order chi connectivity index (χ0) is 16.5. The van der Waals surface area contributed by atoms with E-state index in [1.54, 1.807) is 6.20 Å². The van der Waals surface area contributed by atoms with E-state index in [0.717, 1.165) is 24.4 Å². The molecule has 5 heteroatoms. The second kappa shape index (κ2) is 9.50. The van der Waals surface area contributed by atoms with E-state index < -0.39 is 0 Å². The molecule has 1 aromatic rings. The number of hydrogen-bond donors (Lipinski definition) is 3. The van der Waals surface area contributed by atoms with Crippen molar-refractivity contribution in [3.05, 3.63) is 18.3 Å². The van der Waals surface area contributed by atoms with Gasteiger partial charge in [0.15, 0.2) is 0 Å². The van der Waals surface area contributed by atoms with Crippen LogP contribution in [0.15, 0.2) is 18.3 Å². The maximum atomic E-state index is 12.4. The van der Waals surface area contributed by atoms with Gasteiger partial charge < -0.3 is 15.7 Å². The van der Waals surface area contributed by atoms with Crippen molar-refractivity contribution in [2.75, 3.05) is 23.8 Å². The quantitative estimate of drug-likeness (QED) is 0.686. The first kappa shape index (κ1) is 17.7. The first-order valence-corrected chi connectivity index (χ1v) is 8.84. The molecule has 128 valence electrons. The summed E-state index contributed by atoms with van der Waals surface area (Å²) in [5, 5.41) is 14.7. The lowest BCUT2D eigenvalue weighted by Gasteiger charge is -2.27. The maximum absolute atomic E-state index is 12.4. The molecule has 5 nitrogen and oxygen atoms in total. The Kier molecular flexibility index (Phi) is 7.33. The van der Waals surface area contributed by atoms with Crippen LogP contribution in [0.3, 0.4) is 0 Å². The monoisotopic (exact) mass is 319 g/mol. The molecule has 1 fully saturated rings. The standard InChI is InChI=1S/C18H29N3O2/c1-2-3-4-14-5-7-15(8-6-14)18(23)21-16-9-10-17(20-13-16)19-11-12-22/h9-10,13-15,22H,2-8,11-12H2,1H3,(H,19,20)(H,21,23). The van der Waals surface area contributed by atoms with Crippen molar-refractivity contribution in [1.29, 1.82) is 0 Å². The van der Waals surface area contributed by atoms with E-state index in [4.69, 9.17) is 5.11 Å². The molecule has 23 heavy (non-hydrogen) atoms. The summed E-state index contributed by atoms with van der Waals surface area (Å²) in [5.74, 6) is 1.78. The molecule has 0 atom stereocenters. The van der Waals surface area contributed by atoms with Gasteiger partial charge in [0.1, 0.15) is 5.82 Å². The average Bonchev–Trinajstić information content (AvgIpc) is 2.59. The van der Waals surface area contributed by atoms with Crippen LogP contribution in [0.2, 0.25) is 0 Å². The zero-order valence-corrected chi connectivity index (χ0v) is 14.1. The topological polar surface area (TPSA) is 74.2 Å². The van der Waals surface area contributed by atoms with Crippen LogP contribution in [0.5, 0.6) is 0 Å². The van der Waals surface area contributed by atoms with Crippen molar-refractivity contribution in [2.24, 2.45) is 11.8 Å². The van der Waals surface area contributed by atoms with Gasteiger partial charge in [-0.05, 0) is 43.7 Å². The Bertz CT molecular complexity index is 468. The molecule has 1 heterocycles. The van der Waals surface area contributed by atoms with Crippen LogP contribution in [-0.4, -0.2) is 29.1 Å². The highest BCUT2D eigenvalue weighted by Gasteiger charge is 2.25. The Morgan fingerprint density at radius 2 is 2.09 bits per heavy atom. The van der Waals surface area contributed by atoms with Crippen molar-refractivity contribution < 1.29 is 9.90 Å². The highest BCUT2D eigenvalue weighted by atomic mass is 16.3. The number of nitrogens with zero attached hydrogens (tertiary/aromatic N) is 1. The number of hydrogen-bond acceptors (Lipinski definition) is 4. The lowest BCUT2D eigenvalue weighted by atomic mass is 9.79. The number of carbonyl (C=O) groups is 1. The molecule has 0 saturated heterocycles. The van der Waals surface area contributed by atoms with Gasteiger partial charge in [0, 0.05) is 12.5 Å². The number of nitrogens with one attached hydrogen (secondary N) is 2. The second-order valence-corrected chi connectivity index (χ2v) is 6.43. The number of aliphatic hydroxyl groups is 1. The molecule has 0 unspecified atom stereocenters. The number of carbonyl (C=O) groups excluding carboxylic acids is 1. The number of aromatic nitrogens is 1. The Balaban J connectivity index is 1.76. The molecule has 1 aliphatic rings. The Labute approximate surface area is 138 Å². The lowest BCUT2D eigenvalue weighted by molar-refractivity contribution is -0.121. The Morgan fingerprint density at radius 3 is 2.70 bits per heavy atom. The Morgan fingerprint density at radius 1 is 1.30 bits per heavy atom. The zero-order valence-electron chi connectivity index (χ0n) is 14.1. The van der Waals surface area contributed by atoms with Gasteiger partial charge in [0.25, 0.3) is 0 Å². The summed E-state index contributed by atoms with van der Waals surface area (Å²) in [4.78, 5) is 16.6. The predicted octanol–water partition coefficient (Wildman–Crippen LogP) is 3.42. The summed E-state index contributed by atoms with van der Waals surface area (Å²) in [6, 6.07) is 3.66. The van der Waals surface area contributed by atoms with Crippen LogP contribution < -0.4 is 10.6 Å². The largest absolute Gasteiger partial charge is 0.395 e. The molecule has 0 aliphatic heterocycles. The van der Waals surface area contributed by atoms with Crippen molar-refractivity contribution in [3.8, 4) is 0 Å². The third kappa shape index (κ3) is 5.82. The van der Waals surface area contributed by atoms with E-state index in [9.17, 15) is 4.79 Å². The molecule has 0 aromatic carbocycles. The minimum atomic E-state index is 0.0705. The van der Waals surface area contributed by atoms with Crippen molar-refractivity contribution >= 4 is 17.4 Å². The fraction of sp³-hybridized carbons (Fsp3) is 0.667. The summed E-state index contributed by atoms with van der Waals surface area (Å²) in [6.45, 7) is 2.78. The summed E-state index contributed by atoms with van der Waals surface area (Å²) < 4.78 is 0. The molecule has 0 bridgehead atoms. The number of pyridine rings is 1. The molecule has 1 saturated carbocycles. The van der Waals surface area contributed by atoms with Gasteiger partial charge in [-0.15, -0.1) is 0 Å². The summed E-state index contributed by atoms with van der Waals surface area (Å²) in [5.41, 5.74) is 0.734. The minimum Gasteiger partial charge on any atom is -0.395 e. The molecular formula is C18H29N3O2. The summed E-state index contributed by atoms with van der Waals surface area (Å²) in [6.07, 6.45) is 9.91. The third-order valence-electron chi connectivity index (χ3n) is 4.63. The molecule has 1 aliphatic carbocycles. The van der Waals surface area contributed by atoms with Gasteiger partial charge in [0.05, 0.1) is 18.5 Å². The van der Waals surface area contributed by atoms with Crippen molar-refractivity contribution in [3.63, 3.8) is 0 Å². The first-order valence-electron chi connectivity index (χ1n) is 8.84. The first-order chi connectivity index (χ1) is 11.2. The van der Waals surface area contributed by atoms with E-state index in [1.165, 1.54) is 32.1 Å². The summed E-state index contributed by atoms with van der Waals surface area (Å²) >= 11 is 0. The molecule has 3 N–H and O–H groups in total. The van der Waals surface area contributed by atoms with Gasteiger partial charge in [-0.1, -0.05) is 26.2 Å². The molecule has 2 rings (SSSR count). The van der Waals surface area contributed by atoms with E-state index in [-0.39, 0.29) is 18.4 Å². The van der Waals surface area contributed by atoms with Crippen LogP contribution in [0, 0.1) is 11.8 Å². The fourth-order valence-corrected chi connectivity index (χ4v) is 3.21. The van der Waals surface area contributed by atoms with E-state index in [1.807, 2.05) is 12.1 Å². The van der Waals surface area contributed by atoms with Crippen LogP contribution >= 0.6 is 0 Å². The van der Waals surface area contributed by atoms with Crippen LogP contribution in [-0.2, 0) is 4.79 Å². The Hall–Kier alpha value is -1.62. The van der Waals surface area contributed by atoms with Gasteiger partial charge in [0.2, 0.25) is 5.91 Å². The van der Waals surface area contributed by atoms with Crippen LogP contribution in [0.4, 0.5) is 11.5 Å². The fourth-order valence-electron chi connectivity index (χ4n) is 3.21. The lowest BCUT2D eigenvalue weighted by Crippen LogP contribution is -2.27. The number of amides is 1. The minimum absolute atomic E-state index is 0.0705. The SMILES string of the molecule is CCCCC1CCC(C(=O)Nc2ccc(NCCO)nc2)CC1. The number of aliphatic hydroxyl groups excluding tert-OH is 1. The summed E-state index contributed by atoms with van der Waals surface area (Å²) in [7, 11) is 0. The smallest absolute Gasteiger partial charge is 0.227 e.